The van der Waals surface area contributed by atoms with Crippen LogP contribution in [-0.4, -0.2) is 38.7 Å². The molecule has 0 saturated heterocycles. The Kier molecular flexibility index (Phi) is 9.03. The number of anilines is 1. The Morgan fingerprint density at radius 2 is 1.81 bits per heavy atom. The van der Waals surface area contributed by atoms with Crippen molar-refractivity contribution in [2.75, 3.05) is 39.5 Å². The summed E-state index contributed by atoms with van der Waals surface area (Å²) in [5.74, 6) is 0. The predicted octanol–water partition coefficient (Wildman–Crippen LogP) is -3.82. The summed E-state index contributed by atoms with van der Waals surface area (Å²) in [5.41, 5.74) is 2.47. The lowest BCUT2D eigenvalue weighted by Crippen LogP contribution is -3.00. The zero-order valence-electron chi connectivity index (χ0n) is 13.2. The van der Waals surface area contributed by atoms with Gasteiger partial charge >= 0.3 is 0 Å². The molecule has 2 aromatic rings. The topological polar surface area (TPSA) is 15.9 Å². The van der Waals surface area contributed by atoms with Crippen molar-refractivity contribution < 1.29 is 57.0 Å². The highest BCUT2D eigenvalue weighted by atomic mass is 127. The molecule has 3 nitrogen and oxygen atoms in total. The molecular formula is C16H25I2N3. The second-order valence-electron chi connectivity index (χ2n) is 6.19. The lowest BCUT2D eigenvalue weighted by Gasteiger charge is -2.23. The number of hydrogen-bond donors (Lipinski definition) is 1. The second kappa shape index (κ2) is 9.09. The van der Waals surface area contributed by atoms with Crippen molar-refractivity contribution >= 4 is 16.6 Å². The zero-order chi connectivity index (χ0) is 13.9. The molecule has 0 spiro atoms. The van der Waals surface area contributed by atoms with E-state index in [1.807, 2.05) is 0 Å². The van der Waals surface area contributed by atoms with E-state index in [1.165, 1.54) is 29.6 Å². The number of hydrogen-bond acceptors (Lipinski definition) is 1. The number of nitrogens with one attached hydrogen (secondary N) is 1. The van der Waals surface area contributed by atoms with Gasteiger partial charge in [0.05, 0.1) is 27.7 Å². The Balaban J connectivity index is 0.00000200. The Morgan fingerprint density at radius 3 is 2.48 bits per heavy atom. The molecule has 0 amide bonds. The molecule has 5 heteroatoms. The highest BCUT2D eigenvalue weighted by molar-refractivity contribution is 5.79. The lowest BCUT2D eigenvalue weighted by molar-refractivity contribution is -0.870. The molecule has 0 saturated carbocycles. The van der Waals surface area contributed by atoms with E-state index in [9.17, 15) is 0 Å². The summed E-state index contributed by atoms with van der Waals surface area (Å²) in [6, 6.07) is 10.8. The van der Waals surface area contributed by atoms with Crippen LogP contribution in [0.4, 0.5) is 5.69 Å². The summed E-state index contributed by atoms with van der Waals surface area (Å²) >= 11 is 0. The van der Waals surface area contributed by atoms with E-state index in [2.05, 4.69) is 74.6 Å². The van der Waals surface area contributed by atoms with Crippen molar-refractivity contribution in [2.24, 2.45) is 7.05 Å². The first-order valence-electron chi connectivity index (χ1n) is 6.88. The largest absolute Gasteiger partial charge is 1.00 e. The molecule has 21 heavy (non-hydrogen) atoms. The predicted molar refractivity (Wildman–Crippen MR) is 81.1 cm³/mol. The van der Waals surface area contributed by atoms with Gasteiger partial charge in [0, 0.05) is 36.2 Å². The van der Waals surface area contributed by atoms with Crippen LogP contribution in [-0.2, 0) is 7.05 Å². The van der Waals surface area contributed by atoms with Crippen LogP contribution in [0.5, 0.6) is 0 Å². The minimum atomic E-state index is 0. The van der Waals surface area contributed by atoms with Crippen molar-refractivity contribution in [2.45, 2.75) is 6.42 Å². The average molecular weight is 513 g/mol. The zero-order valence-corrected chi connectivity index (χ0v) is 17.6. The molecule has 0 aliphatic carbocycles. The highest BCUT2D eigenvalue weighted by Crippen LogP contribution is 2.15. The van der Waals surface area contributed by atoms with Crippen molar-refractivity contribution in [3.63, 3.8) is 0 Å². The second-order valence-corrected chi connectivity index (χ2v) is 6.19. The van der Waals surface area contributed by atoms with Gasteiger partial charge in [0.25, 0.3) is 0 Å². The van der Waals surface area contributed by atoms with Crippen molar-refractivity contribution in [1.82, 2.24) is 0 Å². The van der Waals surface area contributed by atoms with Crippen LogP contribution in [0.2, 0.25) is 0 Å². The number of benzene rings is 1. The molecule has 1 aromatic carbocycles. The van der Waals surface area contributed by atoms with Gasteiger partial charge in [-0.2, -0.15) is 0 Å². The molecule has 0 unspecified atom stereocenters. The molecule has 118 valence electrons. The van der Waals surface area contributed by atoms with Crippen LogP contribution in [0.25, 0.3) is 10.9 Å². The quantitative estimate of drug-likeness (QED) is 0.188. The van der Waals surface area contributed by atoms with Crippen LogP contribution < -0.4 is 57.8 Å². The Morgan fingerprint density at radius 1 is 1.10 bits per heavy atom. The van der Waals surface area contributed by atoms with E-state index in [0.29, 0.717) is 0 Å². The third-order valence-corrected chi connectivity index (χ3v) is 3.33. The lowest BCUT2D eigenvalue weighted by atomic mass is 10.2. The molecule has 0 fully saturated rings. The number of fused-ring (bicyclic) bond motifs is 1. The summed E-state index contributed by atoms with van der Waals surface area (Å²) in [6.07, 6.45) is 3.27. The van der Waals surface area contributed by atoms with Gasteiger partial charge in [-0.25, -0.2) is 4.57 Å². The van der Waals surface area contributed by atoms with Crippen LogP contribution in [0.1, 0.15) is 6.42 Å². The molecule has 0 atom stereocenters. The summed E-state index contributed by atoms with van der Waals surface area (Å²) in [7, 11) is 8.78. The van der Waals surface area contributed by atoms with Gasteiger partial charge in [0.15, 0.2) is 6.20 Å². The maximum Gasteiger partial charge on any atom is 0.214 e. The van der Waals surface area contributed by atoms with Gasteiger partial charge in [0.2, 0.25) is 5.52 Å². The van der Waals surface area contributed by atoms with Gasteiger partial charge < -0.3 is 57.8 Å². The molecule has 2 rings (SSSR count). The van der Waals surface area contributed by atoms with E-state index < -0.39 is 0 Å². The van der Waals surface area contributed by atoms with Crippen molar-refractivity contribution in [1.29, 1.82) is 0 Å². The maximum atomic E-state index is 3.51. The number of rotatable bonds is 5. The molecule has 1 heterocycles. The molecule has 1 N–H and O–H groups in total. The van der Waals surface area contributed by atoms with E-state index in [-0.39, 0.29) is 48.0 Å². The third kappa shape index (κ3) is 6.65. The number of nitrogens with zero attached hydrogens (tertiary/aromatic N) is 2. The normalized spacial score (nSPS) is 10.7. The maximum absolute atomic E-state index is 3.51. The van der Waals surface area contributed by atoms with Crippen LogP contribution >= 0.6 is 0 Å². The van der Waals surface area contributed by atoms with Crippen LogP contribution in [0, 0.1) is 0 Å². The summed E-state index contributed by atoms with van der Waals surface area (Å²) in [6.45, 7) is 2.21. The van der Waals surface area contributed by atoms with Crippen LogP contribution in [0.15, 0.2) is 36.5 Å². The number of aryl methyl sites for hydroxylation is 1. The fourth-order valence-electron chi connectivity index (χ4n) is 2.24. The monoisotopic (exact) mass is 513 g/mol. The Labute approximate surface area is 162 Å². The first-order valence-corrected chi connectivity index (χ1v) is 6.88. The van der Waals surface area contributed by atoms with E-state index in [1.54, 1.807) is 0 Å². The minimum absolute atomic E-state index is 0. The summed E-state index contributed by atoms with van der Waals surface area (Å²) in [4.78, 5) is 0. The summed E-state index contributed by atoms with van der Waals surface area (Å²) < 4.78 is 3.18. The molecule has 1 aromatic heterocycles. The highest BCUT2D eigenvalue weighted by Gasteiger charge is 2.07. The minimum Gasteiger partial charge on any atom is -1.00 e. The van der Waals surface area contributed by atoms with Gasteiger partial charge in [-0.1, -0.05) is 0 Å². The fraction of sp³-hybridized carbons (Fsp3) is 0.438. The fourth-order valence-corrected chi connectivity index (χ4v) is 2.24. The third-order valence-electron chi connectivity index (χ3n) is 3.33. The summed E-state index contributed by atoms with van der Waals surface area (Å²) in [5, 5.41) is 4.79. The smallest absolute Gasteiger partial charge is 0.214 e. The van der Waals surface area contributed by atoms with Gasteiger partial charge in [-0.05, 0) is 18.2 Å². The van der Waals surface area contributed by atoms with E-state index in [0.717, 1.165) is 11.0 Å². The number of quaternary nitrogens is 1. The Bertz CT molecular complexity index is 565. The molecule has 0 aliphatic rings. The first-order chi connectivity index (χ1) is 8.96. The van der Waals surface area contributed by atoms with Crippen molar-refractivity contribution in [3.8, 4) is 0 Å². The van der Waals surface area contributed by atoms with E-state index >= 15 is 0 Å². The van der Waals surface area contributed by atoms with Gasteiger partial charge in [0.1, 0.15) is 7.05 Å². The standard InChI is InChI=1S/C16H24N3.2HI/c1-18-11-5-7-14-8-9-15(13-16(14)18)17-10-6-12-19(2,3)4;;/h5,7-9,11,13H,6,10,12H2,1-4H3;2*1H/q+1;;/p-1. The number of pyridine rings is 1. The molecule has 0 radical (unpaired) electrons. The molecular weight excluding hydrogens is 488 g/mol. The van der Waals surface area contributed by atoms with Gasteiger partial charge in [-0.3, -0.25) is 0 Å². The number of halogens is 2. The Hall–Kier alpha value is -0.150. The van der Waals surface area contributed by atoms with Crippen LogP contribution in [0.3, 0.4) is 0 Å². The van der Waals surface area contributed by atoms with Gasteiger partial charge in [-0.15, -0.1) is 0 Å². The molecule has 0 bridgehead atoms. The SMILES string of the molecule is C[n+]1cccc2ccc(NCCC[N+](C)(C)C)cc21.[I-].[I-]. The first kappa shape index (κ1) is 20.9. The van der Waals surface area contributed by atoms with Crippen molar-refractivity contribution in [3.05, 3.63) is 36.5 Å². The molecule has 0 aliphatic heterocycles. The van der Waals surface area contributed by atoms with E-state index in [4.69, 9.17) is 0 Å². The average Bonchev–Trinajstić information content (AvgIpc) is 2.34. The number of aromatic nitrogens is 1.